The third-order valence-electron chi connectivity index (χ3n) is 3.75. The van der Waals surface area contributed by atoms with Crippen molar-refractivity contribution in [2.75, 3.05) is 5.32 Å². The van der Waals surface area contributed by atoms with E-state index in [-0.39, 0.29) is 0 Å². The van der Waals surface area contributed by atoms with E-state index in [4.69, 9.17) is 17.3 Å². The number of carbonyl (C=O) groups excluding carboxylic acids is 1. The molecule has 0 heterocycles. The molecule has 1 unspecified atom stereocenters. The van der Waals surface area contributed by atoms with Gasteiger partial charge in [-0.1, -0.05) is 48.0 Å². The summed E-state index contributed by atoms with van der Waals surface area (Å²) in [6.07, 6.45) is 2.45. The molecular formula is C17H17ClN2O. The number of para-hydroxylation sites is 1. The van der Waals surface area contributed by atoms with Gasteiger partial charge in [0.25, 0.3) is 0 Å². The van der Waals surface area contributed by atoms with Crippen LogP contribution in [0.25, 0.3) is 0 Å². The maximum absolute atomic E-state index is 11.8. The van der Waals surface area contributed by atoms with Crippen molar-refractivity contribution in [3.63, 3.8) is 0 Å². The fraction of sp³-hybridized carbons (Fsp3) is 0.235. The first-order valence-electron chi connectivity index (χ1n) is 7.05. The molecule has 0 aliphatic heterocycles. The molecule has 2 aromatic carbocycles. The molecule has 3 rings (SSSR count). The Balaban J connectivity index is 1.89. The average Bonchev–Trinajstić information content (AvgIpc) is 3.31. The van der Waals surface area contributed by atoms with E-state index in [1.807, 2.05) is 30.3 Å². The highest BCUT2D eigenvalue weighted by Crippen LogP contribution is 2.40. The first-order valence-corrected chi connectivity index (χ1v) is 7.43. The van der Waals surface area contributed by atoms with Gasteiger partial charge in [-0.3, -0.25) is 4.79 Å². The number of rotatable bonds is 5. The zero-order valence-corrected chi connectivity index (χ0v) is 12.3. The monoisotopic (exact) mass is 300 g/mol. The largest absolute Gasteiger partial charge is 0.369 e. The molecule has 1 aliphatic rings. The Morgan fingerprint density at radius 1 is 1.19 bits per heavy atom. The lowest BCUT2D eigenvalue weighted by molar-refractivity contribution is -0.118. The molecule has 0 saturated heterocycles. The third-order valence-corrected chi connectivity index (χ3v) is 4.08. The predicted octanol–water partition coefficient (Wildman–Crippen LogP) is 3.86. The Kier molecular flexibility index (Phi) is 3.84. The van der Waals surface area contributed by atoms with Gasteiger partial charge in [0.15, 0.2) is 0 Å². The second kappa shape index (κ2) is 5.78. The van der Waals surface area contributed by atoms with Crippen molar-refractivity contribution in [2.24, 2.45) is 5.73 Å². The van der Waals surface area contributed by atoms with Crippen LogP contribution in [0.1, 0.15) is 35.9 Å². The van der Waals surface area contributed by atoms with Crippen LogP contribution in [0.15, 0.2) is 48.5 Å². The van der Waals surface area contributed by atoms with Crippen LogP contribution < -0.4 is 11.1 Å². The van der Waals surface area contributed by atoms with Gasteiger partial charge in [-0.05, 0) is 42.0 Å². The Bertz CT molecular complexity index is 667. The molecule has 0 aromatic heterocycles. The Morgan fingerprint density at radius 3 is 2.62 bits per heavy atom. The fourth-order valence-corrected chi connectivity index (χ4v) is 2.65. The number of nitrogens with one attached hydrogen (secondary N) is 1. The standard InChI is InChI=1S/C17H17ClN2O/c18-14-6-1-2-7-15(14)20-16(17(19)21)13-5-3-4-12(10-13)11-8-9-11/h1-7,10-11,16,20H,8-9H2,(H2,19,21). The van der Waals surface area contributed by atoms with Crippen molar-refractivity contribution < 1.29 is 4.79 Å². The van der Waals surface area contributed by atoms with Crippen LogP contribution in [-0.2, 0) is 4.79 Å². The number of hydrogen-bond donors (Lipinski definition) is 2. The van der Waals surface area contributed by atoms with E-state index in [0.29, 0.717) is 16.6 Å². The van der Waals surface area contributed by atoms with Crippen molar-refractivity contribution in [1.82, 2.24) is 0 Å². The van der Waals surface area contributed by atoms with Crippen molar-refractivity contribution in [2.45, 2.75) is 24.8 Å². The van der Waals surface area contributed by atoms with E-state index in [1.165, 1.54) is 18.4 Å². The minimum Gasteiger partial charge on any atom is -0.369 e. The first-order chi connectivity index (χ1) is 10.1. The third kappa shape index (κ3) is 3.19. The van der Waals surface area contributed by atoms with Crippen LogP contribution in [0.4, 0.5) is 5.69 Å². The summed E-state index contributed by atoms with van der Waals surface area (Å²) in [5.74, 6) is 0.224. The average molecular weight is 301 g/mol. The normalized spacial score (nSPS) is 15.5. The Morgan fingerprint density at radius 2 is 1.95 bits per heavy atom. The summed E-state index contributed by atoms with van der Waals surface area (Å²) in [5, 5.41) is 3.71. The van der Waals surface area contributed by atoms with Crippen LogP contribution in [-0.4, -0.2) is 5.91 Å². The fourth-order valence-electron chi connectivity index (χ4n) is 2.46. The van der Waals surface area contributed by atoms with Crippen molar-refractivity contribution >= 4 is 23.2 Å². The van der Waals surface area contributed by atoms with Gasteiger partial charge in [-0.15, -0.1) is 0 Å². The predicted molar refractivity (Wildman–Crippen MR) is 85.4 cm³/mol. The van der Waals surface area contributed by atoms with Crippen LogP contribution >= 0.6 is 11.6 Å². The minimum atomic E-state index is -0.580. The van der Waals surface area contributed by atoms with Crippen LogP contribution in [0, 0.1) is 0 Å². The van der Waals surface area contributed by atoms with Gasteiger partial charge in [0, 0.05) is 0 Å². The summed E-state index contributed by atoms with van der Waals surface area (Å²) in [6.45, 7) is 0. The number of halogens is 1. The molecule has 1 fully saturated rings. The smallest absolute Gasteiger partial charge is 0.244 e. The number of benzene rings is 2. The second-order valence-electron chi connectivity index (χ2n) is 5.40. The lowest BCUT2D eigenvalue weighted by Gasteiger charge is -2.18. The summed E-state index contributed by atoms with van der Waals surface area (Å²) < 4.78 is 0. The molecule has 21 heavy (non-hydrogen) atoms. The van der Waals surface area contributed by atoms with Gasteiger partial charge in [0.05, 0.1) is 10.7 Å². The molecule has 0 radical (unpaired) electrons. The molecule has 1 aliphatic carbocycles. The first kappa shape index (κ1) is 14.0. The molecule has 0 spiro atoms. The second-order valence-corrected chi connectivity index (χ2v) is 5.81. The number of anilines is 1. The van der Waals surface area contributed by atoms with Crippen molar-refractivity contribution in [3.05, 3.63) is 64.7 Å². The maximum atomic E-state index is 11.8. The summed E-state index contributed by atoms with van der Waals surface area (Å²) >= 11 is 6.14. The van der Waals surface area contributed by atoms with E-state index in [1.54, 1.807) is 6.07 Å². The highest BCUT2D eigenvalue weighted by atomic mass is 35.5. The topological polar surface area (TPSA) is 55.1 Å². The number of nitrogens with two attached hydrogens (primary N) is 1. The molecule has 4 heteroatoms. The van der Waals surface area contributed by atoms with Gasteiger partial charge >= 0.3 is 0 Å². The van der Waals surface area contributed by atoms with Gasteiger partial charge in [0.1, 0.15) is 6.04 Å². The molecule has 2 aromatic rings. The zero-order valence-electron chi connectivity index (χ0n) is 11.6. The molecule has 1 saturated carbocycles. The van der Waals surface area contributed by atoms with Gasteiger partial charge in [-0.2, -0.15) is 0 Å². The van der Waals surface area contributed by atoms with Crippen LogP contribution in [0.3, 0.4) is 0 Å². The number of hydrogen-bond acceptors (Lipinski definition) is 2. The van der Waals surface area contributed by atoms with Gasteiger partial charge in [0.2, 0.25) is 5.91 Å². The Labute approximate surface area is 129 Å². The zero-order chi connectivity index (χ0) is 14.8. The van der Waals surface area contributed by atoms with Crippen molar-refractivity contribution in [1.29, 1.82) is 0 Å². The van der Waals surface area contributed by atoms with E-state index < -0.39 is 11.9 Å². The highest BCUT2D eigenvalue weighted by Gasteiger charge is 2.25. The highest BCUT2D eigenvalue weighted by molar-refractivity contribution is 6.33. The molecule has 108 valence electrons. The Hall–Kier alpha value is -2.00. The van der Waals surface area contributed by atoms with Gasteiger partial charge in [-0.25, -0.2) is 0 Å². The van der Waals surface area contributed by atoms with E-state index in [9.17, 15) is 4.79 Å². The lowest BCUT2D eigenvalue weighted by atomic mass is 10.0. The SMILES string of the molecule is NC(=O)C(Nc1ccccc1Cl)c1cccc(C2CC2)c1. The summed E-state index contributed by atoms with van der Waals surface area (Å²) in [7, 11) is 0. The van der Waals surface area contributed by atoms with E-state index >= 15 is 0 Å². The molecular weight excluding hydrogens is 284 g/mol. The van der Waals surface area contributed by atoms with Crippen LogP contribution in [0.2, 0.25) is 5.02 Å². The summed E-state index contributed by atoms with van der Waals surface area (Å²) in [4.78, 5) is 11.8. The maximum Gasteiger partial charge on any atom is 0.244 e. The van der Waals surface area contributed by atoms with E-state index in [2.05, 4.69) is 17.4 Å². The number of carbonyl (C=O) groups is 1. The van der Waals surface area contributed by atoms with Crippen LogP contribution in [0.5, 0.6) is 0 Å². The molecule has 1 amide bonds. The molecule has 1 atom stereocenters. The molecule has 3 nitrogen and oxygen atoms in total. The summed E-state index contributed by atoms with van der Waals surface area (Å²) in [6, 6.07) is 14.8. The van der Waals surface area contributed by atoms with Crippen molar-refractivity contribution in [3.8, 4) is 0 Å². The lowest BCUT2D eigenvalue weighted by Crippen LogP contribution is -2.27. The van der Waals surface area contributed by atoms with Gasteiger partial charge < -0.3 is 11.1 Å². The number of primary amides is 1. The quantitative estimate of drug-likeness (QED) is 0.881. The molecule has 0 bridgehead atoms. The molecule has 3 N–H and O–H groups in total. The van der Waals surface area contributed by atoms with E-state index in [0.717, 1.165) is 5.56 Å². The number of amides is 1. The minimum absolute atomic E-state index is 0.414. The summed E-state index contributed by atoms with van der Waals surface area (Å²) in [5.41, 5.74) is 8.43.